The van der Waals surface area contributed by atoms with Crippen LogP contribution in [0.15, 0.2) is 36.4 Å². The van der Waals surface area contributed by atoms with E-state index in [0.717, 1.165) is 23.1 Å². The van der Waals surface area contributed by atoms with Crippen molar-refractivity contribution in [2.75, 3.05) is 6.61 Å². The number of carbonyl (C=O) groups excluding carboxylic acids is 1. The maximum atomic E-state index is 11.4. The molecule has 1 aliphatic carbocycles. The predicted molar refractivity (Wildman–Crippen MR) is 86.4 cm³/mol. The van der Waals surface area contributed by atoms with Gasteiger partial charge in [0.2, 0.25) is 5.88 Å². The normalized spacial score (nSPS) is 12.4. The highest BCUT2D eigenvalue weighted by Gasteiger charge is 2.27. The van der Waals surface area contributed by atoms with Crippen molar-refractivity contribution in [3.8, 4) is 22.9 Å². The van der Waals surface area contributed by atoms with Gasteiger partial charge in [0.05, 0.1) is 12.1 Å². The molecule has 0 saturated heterocycles. The van der Waals surface area contributed by atoms with Crippen LogP contribution in [0.2, 0.25) is 0 Å². The monoisotopic (exact) mass is 313 g/mol. The number of nitrogens with zero attached hydrogens (tertiary/aromatic N) is 1. The quantitative estimate of drug-likeness (QED) is 0.672. The van der Waals surface area contributed by atoms with Gasteiger partial charge < -0.3 is 14.9 Å². The number of hydrogen-bond donors (Lipinski definition) is 2. The summed E-state index contributed by atoms with van der Waals surface area (Å²) in [6.45, 7) is 5.33. The van der Waals surface area contributed by atoms with E-state index in [1.807, 2.05) is 24.3 Å². The van der Waals surface area contributed by atoms with E-state index >= 15 is 0 Å². The molecule has 2 aromatic rings. The highest BCUT2D eigenvalue weighted by Crippen LogP contribution is 2.45. The Morgan fingerprint density at radius 3 is 2.74 bits per heavy atom. The molecule has 0 radical (unpaired) electrons. The number of aromatic nitrogens is 1. The van der Waals surface area contributed by atoms with Gasteiger partial charge in [0.1, 0.15) is 6.61 Å². The lowest BCUT2D eigenvalue weighted by Crippen LogP contribution is -2.11. The molecule has 1 aromatic heterocycles. The average Bonchev–Trinajstić information content (AvgIpc) is 2.79. The van der Waals surface area contributed by atoms with E-state index in [1.54, 1.807) is 6.92 Å². The van der Waals surface area contributed by atoms with Crippen molar-refractivity contribution >= 4 is 5.97 Å². The molecular weight excluding hydrogens is 294 g/mol. The van der Waals surface area contributed by atoms with Crippen LogP contribution in [0.25, 0.3) is 11.1 Å². The van der Waals surface area contributed by atoms with Gasteiger partial charge in [0.25, 0.3) is 0 Å². The molecule has 3 rings (SSSR count). The van der Waals surface area contributed by atoms with Crippen molar-refractivity contribution in [2.24, 2.45) is 0 Å². The molecule has 0 atom stereocenters. The second-order valence-corrected chi connectivity index (χ2v) is 5.73. The molecule has 0 unspecified atom stereocenters. The smallest absolute Gasteiger partial charge is 0.333 e. The fourth-order valence-corrected chi connectivity index (χ4v) is 2.97. The molecule has 1 heterocycles. The molecule has 1 aliphatic rings. The predicted octanol–water partition coefficient (Wildman–Crippen LogP) is 2.78. The lowest BCUT2D eigenvalue weighted by Gasteiger charge is -2.15. The summed E-state index contributed by atoms with van der Waals surface area (Å²) in [6.07, 6.45) is 1.50. The zero-order valence-corrected chi connectivity index (χ0v) is 13.0. The maximum Gasteiger partial charge on any atom is 0.333 e. The zero-order chi connectivity index (χ0) is 16.6. The molecule has 2 N–H and O–H groups in total. The summed E-state index contributed by atoms with van der Waals surface area (Å²) in [6, 6.07) is 7.85. The number of ether oxygens (including phenoxy) is 1. The van der Waals surface area contributed by atoms with Gasteiger partial charge in [-0.15, -0.1) is 0 Å². The zero-order valence-electron chi connectivity index (χ0n) is 13.0. The van der Waals surface area contributed by atoms with Gasteiger partial charge in [-0.25, -0.2) is 4.79 Å². The van der Waals surface area contributed by atoms with Gasteiger partial charge in [0, 0.05) is 11.1 Å². The van der Waals surface area contributed by atoms with E-state index in [0.29, 0.717) is 17.6 Å². The topological polar surface area (TPSA) is 71.7 Å². The summed E-state index contributed by atoms with van der Waals surface area (Å²) in [5.74, 6) is -0.430. The van der Waals surface area contributed by atoms with Crippen LogP contribution < -0.4 is 0 Å². The third kappa shape index (κ3) is 2.59. The Morgan fingerprint density at radius 2 is 2.00 bits per heavy atom. The highest BCUT2D eigenvalue weighted by atomic mass is 16.5. The molecule has 0 amide bonds. The molecule has 0 spiro atoms. The molecule has 0 bridgehead atoms. The average molecular weight is 313 g/mol. The van der Waals surface area contributed by atoms with Gasteiger partial charge in [0.15, 0.2) is 5.88 Å². The van der Waals surface area contributed by atoms with E-state index in [-0.39, 0.29) is 24.9 Å². The first-order valence-corrected chi connectivity index (χ1v) is 7.55. The van der Waals surface area contributed by atoms with E-state index in [2.05, 4.69) is 6.58 Å². The standard InChI is InChI=1S/C18H19NO4/c1-11(2)18(22)23-10-9-19-16(20)14-8-7-12-5-3-4-6-13(12)15(14)17(19)21/h3-6,20-21H,1,7-10H2,2H3. The molecular formula is C18H19NO4. The van der Waals surface area contributed by atoms with Gasteiger partial charge >= 0.3 is 5.97 Å². The molecule has 0 saturated carbocycles. The summed E-state index contributed by atoms with van der Waals surface area (Å²) >= 11 is 0. The number of rotatable bonds is 4. The van der Waals surface area contributed by atoms with Crippen molar-refractivity contribution in [3.63, 3.8) is 0 Å². The van der Waals surface area contributed by atoms with Gasteiger partial charge in [-0.2, -0.15) is 0 Å². The molecule has 5 nitrogen and oxygen atoms in total. The van der Waals surface area contributed by atoms with Crippen molar-refractivity contribution in [3.05, 3.63) is 47.5 Å². The number of hydrogen-bond acceptors (Lipinski definition) is 4. The lowest BCUT2D eigenvalue weighted by atomic mass is 9.88. The molecule has 0 fully saturated rings. The Kier molecular flexibility index (Phi) is 3.86. The first kappa shape index (κ1) is 15.2. The van der Waals surface area contributed by atoms with Crippen LogP contribution in [-0.2, 0) is 28.9 Å². The minimum Gasteiger partial charge on any atom is -0.494 e. The van der Waals surface area contributed by atoms with Crippen LogP contribution in [-0.4, -0.2) is 27.4 Å². The molecule has 120 valence electrons. The number of aromatic hydroxyl groups is 2. The maximum absolute atomic E-state index is 11.4. The second-order valence-electron chi connectivity index (χ2n) is 5.73. The number of aryl methyl sites for hydroxylation is 1. The van der Waals surface area contributed by atoms with Gasteiger partial charge in [-0.1, -0.05) is 30.8 Å². The third-order valence-electron chi connectivity index (χ3n) is 4.13. The largest absolute Gasteiger partial charge is 0.494 e. The van der Waals surface area contributed by atoms with Crippen LogP contribution in [0, 0.1) is 0 Å². The van der Waals surface area contributed by atoms with E-state index < -0.39 is 5.97 Å². The second kappa shape index (κ2) is 5.83. The Hall–Kier alpha value is -2.69. The minimum absolute atomic E-state index is 0.0102. The lowest BCUT2D eigenvalue weighted by molar-refractivity contribution is -0.139. The Morgan fingerprint density at radius 1 is 1.26 bits per heavy atom. The number of esters is 1. The Bertz CT molecular complexity index is 789. The van der Waals surface area contributed by atoms with Crippen molar-refractivity contribution in [1.29, 1.82) is 0 Å². The molecule has 23 heavy (non-hydrogen) atoms. The highest BCUT2D eigenvalue weighted by molar-refractivity contribution is 5.86. The summed E-state index contributed by atoms with van der Waals surface area (Å²) < 4.78 is 6.42. The van der Waals surface area contributed by atoms with Crippen LogP contribution in [0.3, 0.4) is 0 Å². The van der Waals surface area contributed by atoms with Crippen LogP contribution in [0.4, 0.5) is 0 Å². The first-order valence-electron chi connectivity index (χ1n) is 7.55. The number of benzene rings is 1. The summed E-state index contributed by atoms with van der Waals surface area (Å²) in [7, 11) is 0. The van der Waals surface area contributed by atoms with E-state index in [4.69, 9.17) is 4.74 Å². The Labute approximate surface area is 134 Å². The first-order chi connectivity index (χ1) is 11.0. The number of fused-ring (bicyclic) bond motifs is 3. The molecule has 0 aliphatic heterocycles. The summed E-state index contributed by atoms with van der Waals surface area (Å²) in [5.41, 5.74) is 3.84. The summed E-state index contributed by atoms with van der Waals surface area (Å²) in [4.78, 5) is 11.4. The van der Waals surface area contributed by atoms with Gasteiger partial charge in [-0.05, 0) is 30.9 Å². The molecule has 1 aromatic carbocycles. The van der Waals surface area contributed by atoms with Crippen LogP contribution >= 0.6 is 0 Å². The summed E-state index contributed by atoms with van der Waals surface area (Å²) in [5, 5.41) is 20.9. The van der Waals surface area contributed by atoms with Crippen LogP contribution in [0.1, 0.15) is 18.1 Å². The number of carbonyl (C=O) groups is 1. The van der Waals surface area contributed by atoms with Crippen molar-refractivity contribution < 1.29 is 19.7 Å². The Balaban J connectivity index is 1.89. The molecule has 5 heteroatoms. The fraction of sp³-hybridized carbons (Fsp3) is 0.278. The third-order valence-corrected chi connectivity index (χ3v) is 4.13. The SMILES string of the molecule is C=C(C)C(=O)OCCn1c(O)c2c(c1O)-c1ccccc1CC2. The van der Waals surface area contributed by atoms with Crippen molar-refractivity contribution in [1.82, 2.24) is 4.57 Å². The van der Waals surface area contributed by atoms with Gasteiger partial charge in [-0.3, -0.25) is 4.57 Å². The van der Waals surface area contributed by atoms with Crippen LogP contribution in [0.5, 0.6) is 11.8 Å². The minimum atomic E-state index is -0.480. The van der Waals surface area contributed by atoms with Crippen molar-refractivity contribution in [2.45, 2.75) is 26.3 Å². The van der Waals surface area contributed by atoms with E-state index in [9.17, 15) is 15.0 Å². The fourth-order valence-electron chi connectivity index (χ4n) is 2.97. The van der Waals surface area contributed by atoms with E-state index in [1.165, 1.54) is 4.57 Å².